The second kappa shape index (κ2) is 4.52. The summed E-state index contributed by atoms with van der Waals surface area (Å²) >= 11 is 0. The summed E-state index contributed by atoms with van der Waals surface area (Å²) in [6.45, 7) is 3.05. The molecule has 19 heavy (non-hydrogen) atoms. The molecule has 0 aromatic carbocycles. The van der Waals surface area contributed by atoms with Gasteiger partial charge in [-0.2, -0.15) is 0 Å². The SMILES string of the molecule is CC(=O)c1nc(N)c(C)c(-c2c[nH]c(C(=O)O)c2)n1. The van der Waals surface area contributed by atoms with Crippen molar-refractivity contribution < 1.29 is 14.7 Å². The Balaban J connectivity index is 2.59. The van der Waals surface area contributed by atoms with Crippen LogP contribution < -0.4 is 5.73 Å². The molecular formula is C12H12N4O3. The molecule has 0 radical (unpaired) electrons. The maximum Gasteiger partial charge on any atom is 0.352 e. The number of H-pyrrole nitrogens is 1. The van der Waals surface area contributed by atoms with Gasteiger partial charge in [-0.25, -0.2) is 14.8 Å². The monoisotopic (exact) mass is 260 g/mol. The zero-order chi connectivity index (χ0) is 14.2. The molecule has 0 amide bonds. The fraction of sp³-hybridized carbons (Fsp3) is 0.167. The number of nitrogens with zero attached hydrogens (tertiary/aromatic N) is 2. The van der Waals surface area contributed by atoms with E-state index in [0.29, 0.717) is 16.8 Å². The Morgan fingerprint density at radius 3 is 2.58 bits per heavy atom. The van der Waals surface area contributed by atoms with Crippen molar-refractivity contribution in [2.75, 3.05) is 5.73 Å². The molecular weight excluding hydrogens is 248 g/mol. The van der Waals surface area contributed by atoms with Crippen LogP contribution in [0, 0.1) is 6.92 Å². The second-order valence-electron chi connectivity index (χ2n) is 4.07. The standard InChI is InChI=1S/C12H12N4O3/c1-5-9(7-3-8(12(18)19)14-4-7)15-11(6(2)17)16-10(5)13/h3-4,14H,1-2H3,(H,18,19)(H2,13,15,16). The molecule has 7 heteroatoms. The number of aromatic amines is 1. The number of rotatable bonds is 3. The lowest BCUT2D eigenvalue weighted by atomic mass is 10.1. The van der Waals surface area contributed by atoms with E-state index in [0.717, 1.165) is 0 Å². The number of aromatic nitrogens is 3. The van der Waals surface area contributed by atoms with E-state index in [-0.39, 0.29) is 23.1 Å². The van der Waals surface area contributed by atoms with Crippen molar-refractivity contribution in [1.82, 2.24) is 15.0 Å². The van der Waals surface area contributed by atoms with E-state index in [1.807, 2.05) is 0 Å². The van der Waals surface area contributed by atoms with Crippen molar-refractivity contribution in [3.05, 3.63) is 29.3 Å². The first-order valence-electron chi connectivity index (χ1n) is 5.47. The van der Waals surface area contributed by atoms with Crippen LogP contribution in [0.2, 0.25) is 0 Å². The summed E-state index contributed by atoms with van der Waals surface area (Å²) in [5.74, 6) is -1.16. The van der Waals surface area contributed by atoms with Gasteiger partial charge in [0.05, 0.1) is 5.69 Å². The fourth-order valence-corrected chi connectivity index (χ4v) is 1.63. The van der Waals surface area contributed by atoms with Crippen LogP contribution in [0.4, 0.5) is 5.82 Å². The number of carboxylic acids is 1. The van der Waals surface area contributed by atoms with Crippen LogP contribution in [0.3, 0.4) is 0 Å². The fourth-order valence-electron chi connectivity index (χ4n) is 1.63. The van der Waals surface area contributed by atoms with Crippen LogP contribution >= 0.6 is 0 Å². The topological polar surface area (TPSA) is 122 Å². The molecule has 0 saturated heterocycles. The Morgan fingerprint density at radius 1 is 1.37 bits per heavy atom. The predicted octanol–water partition coefficient (Wildman–Crippen LogP) is 1.26. The number of carbonyl (C=O) groups excluding carboxylic acids is 1. The number of hydrogen-bond acceptors (Lipinski definition) is 5. The van der Waals surface area contributed by atoms with Crippen molar-refractivity contribution in [1.29, 1.82) is 0 Å². The van der Waals surface area contributed by atoms with Crippen molar-refractivity contribution in [3.8, 4) is 11.3 Å². The highest BCUT2D eigenvalue weighted by molar-refractivity contribution is 5.92. The van der Waals surface area contributed by atoms with E-state index in [1.54, 1.807) is 6.92 Å². The van der Waals surface area contributed by atoms with Gasteiger partial charge in [0, 0.05) is 24.2 Å². The van der Waals surface area contributed by atoms with Gasteiger partial charge in [-0.1, -0.05) is 0 Å². The number of nitrogens with two attached hydrogens (primary N) is 1. The van der Waals surface area contributed by atoms with E-state index in [4.69, 9.17) is 10.8 Å². The summed E-state index contributed by atoms with van der Waals surface area (Å²) in [7, 11) is 0. The molecule has 2 heterocycles. The highest BCUT2D eigenvalue weighted by Crippen LogP contribution is 2.25. The van der Waals surface area contributed by atoms with Gasteiger partial charge in [-0.3, -0.25) is 4.79 Å². The van der Waals surface area contributed by atoms with E-state index in [2.05, 4.69) is 15.0 Å². The normalized spacial score (nSPS) is 10.4. The summed E-state index contributed by atoms with van der Waals surface area (Å²) in [5, 5.41) is 8.87. The van der Waals surface area contributed by atoms with Gasteiger partial charge >= 0.3 is 5.97 Å². The number of anilines is 1. The highest BCUT2D eigenvalue weighted by Gasteiger charge is 2.15. The maximum absolute atomic E-state index is 11.3. The van der Waals surface area contributed by atoms with Gasteiger partial charge in [0.25, 0.3) is 0 Å². The van der Waals surface area contributed by atoms with E-state index in [9.17, 15) is 9.59 Å². The van der Waals surface area contributed by atoms with Crippen molar-refractivity contribution in [2.45, 2.75) is 13.8 Å². The number of carboxylic acid groups (broad SMARTS) is 1. The Morgan fingerprint density at radius 2 is 2.05 bits per heavy atom. The molecule has 7 nitrogen and oxygen atoms in total. The lowest BCUT2D eigenvalue weighted by Crippen LogP contribution is -2.08. The number of nitrogen functional groups attached to an aromatic ring is 1. The minimum atomic E-state index is -1.07. The largest absolute Gasteiger partial charge is 0.477 e. The smallest absolute Gasteiger partial charge is 0.352 e. The van der Waals surface area contributed by atoms with E-state index >= 15 is 0 Å². The van der Waals surface area contributed by atoms with Crippen LogP contribution in [-0.4, -0.2) is 31.8 Å². The molecule has 0 aliphatic rings. The van der Waals surface area contributed by atoms with Gasteiger partial charge in [-0.15, -0.1) is 0 Å². The Labute approximate surface area is 108 Å². The van der Waals surface area contributed by atoms with Gasteiger partial charge < -0.3 is 15.8 Å². The Kier molecular flexibility index (Phi) is 3.04. The molecule has 4 N–H and O–H groups in total. The summed E-state index contributed by atoms with van der Waals surface area (Å²) in [4.78, 5) is 32.8. The van der Waals surface area contributed by atoms with E-state index < -0.39 is 5.97 Å². The number of hydrogen-bond donors (Lipinski definition) is 3. The first-order chi connectivity index (χ1) is 8.90. The van der Waals surface area contributed by atoms with Crippen LogP contribution in [0.15, 0.2) is 12.3 Å². The zero-order valence-corrected chi connectivity index (χ0v) is 10.4. The van der Waals surface area contributed by atoms with Gasteiger partial charge in [-0.05, 0) is 13.0 Å². The summed E-state index contributed by atoms with van der Waals surface area (Å²) in [6, 6.07) is 1.43. The van der Waals surface area contributed by atoms with Crippen molar-refractivity contribution >= 4 is 17.6 Å². The second-order valence-corrected chi connectivity index (χ2v) is 4.07. The number of aromatic carboxylic acids is 1. The summed E-state index contributed by atoms with van der Waals surface area (Å²) in [6.07, 6.45) is 1.50. The minimum absolute atomic E-state index is 0.0103. The third kappa shape index (κ3) is 2.30. The zero-order valence-electron chi connectivity index (χ0n) is 10.4. The molecule has 0 aliphatic carbocycles. The average molecular weight is 260 g/mol. The van der Waals surface area contributed by atoms with Crippen molar-refractivity contribution in [2.24, 2.45) is 0 Å². The molecule has 0 bridgehead atoms. The quantitative estimate of drug-likeness (QED) is 0.714. The molecule has 98 valence electrons. The lowest BCUT2D eigenvalue weighted by Gasteiger charge is -2.07. The third-order valence-corrected chi connectivity index (χ3v) is 2.69. The molecule has 2 rings (SSSR count). The first-order valence-corrected chi connectivity index (χ1v) is 5.47. The minimum Gasteiger partial charge on any atom is -0.477 e. The highest BCUT2D eigenvalue weighted by atomic mass is 16.4. The number of ketones is 1. The van der Waals surface area contributed by atoms with Crippen LogP contribution in [0.5, 0.6) is 0 Å². The number of carbonyl (C=O) groups is 2. The first kappa shape index (κ1) is 12.7. The molecule has 2 aromatic heterocycles. The van der Waals surface area contributed by atoms with E-state index in [1.165, 1.54) is 19.2 Å². The van der Waals surface area contributed by atoms with Crippen LogP contribution in [-0.2, 0) is 0 Å². The van der Waals surface area contributed by atoms with Gasteiger partial charge in [0.15, 0.2) is 11.6 Å². The Bertz CT molecular complexity index is 676. The molecule has 0 aliphatic heterocycles. The van der Waals surface area contributed by atoms with Crippen molar-refractivity contribution in [3.63, 3.8) is 0 Å². The average Bonchev–Trinajstić information content (AvgIpc) is 2.81. The molecule has 2 aromatic rings. The third-order valence-electron chi connectivity index (χ3n) is 2.69. The van der Waals surface area contributed by atoms with Gasteiger partial charge in [0.1, 0.15) is 11.5 Å². The molecule has 0 unspecified atom stereocenters. The maximum atomic E-state index is 11.3. The van der Waals surface area contributed by atoms with Crippen LogP contribution in [0.25, 0.3) is 11.3 Å². The molecule has 0 atom stereocenters. The van der Waals surface area contributed by atoms with Gasteiger partial charge in [0.2, 0.25) is 0 Å². The summed E-state index contributed by atoms with van der Waals surface area (Å²) in [5.41, 5.74) is 7.36. The number of nitrogens with one attached hydrogen (secondary N) is 1. The Hall–Kier alpha value is -2.70. The number of Topliss-reactive ketones (excluding diaryl/α,β-unsaturated/α-hetero) is 1. The molecule has 0 fully saturated rings. The predicted molar refractivity (Wildman–Crippen MR) is 67.9 cm³/mol. The summed E-state index contributed by atoms with van der Waals surface area (Å²) < 4.78 is 0. The van der Waals surface area contributed by atoms with Crippen LogP contribution in [0.1, 0.15) is 33.6 Å². The molecule has 0 saturated carbocycles. The molecule has 0 spiro atoms. The lowest BCUT2D eigenvalue weighted by molar-refractivity contribution is 0.0691.